The Balaban J connectivity index is 2.08. The first-order chi connectivity index (χ1) is 9.06. The van der Waals surface area contributed by atoms with E-state index in [0.29, 0.717) is 11.3 Å². The van der Waals surface area contributed by atoms with Crippen molar-refractivity contribution in [1.82, 2.24) is 0 Å². The summed E-state index contributed by atoms with van der Waals surface area (Å²) in [7, 11) is 1.70. The molecule has 0 aromatic heterocycles. The Hall–Kier alpha value is -2.23. The number of likely N-dealkylation sites (N-methyl/N-ethyl adjacent to an activating group) is 1. The first-order valence-electron chi connectivity index (χ1n) is 5.82. The molecule has 0 spiro atoms. The molecule has 0 radical (unpaired) electrons. The molecule has 0 N–H and O–H groups in total. The lowest BCUT2D eigenvalue weighted by atomic mass is 10.1. The molecular formula is C15H13F2NO. The zero-order valence-electron chi connectivity index (χ0n) is 10.4. The number of carbonyl (C=O) groups is 1. The standard InChI is InChI=1S/C15H13F2NO/c1-18(14-4-2-3-13(17)9-14)10-15(19)11-5-7-12(16)8-6-11/h2-9H,10H2,1H3. The molecule has 4 heteroatoms. The summed E-state index contributed by atoms with van der Waals surface area (Å²) < 4.78 is 25.8. The molecule has 2 aromatic carbocycles. The fraction of sp³-hybridized carbons (Fsp3) is 0.133. The van der Waals surface area contributed by atoms with Crippen molar-refractivity contribution in [3.05, 3.63) is 65.7 Å². The van der Waals surface area contributed by atoms with Gasteiger partial charge in [0.2, 0.25) is 0 Å². The summed E-state index contributed by atoms with van der Waals surface area (Å²) in [5.74, 6) is -0.875. The second-order valence-electron chi connectivity index (χ2n) is 4.27. The van der Waals surface area contributed by atoms with Crippen LogP contribution in [0.25, 0.3) is 0 Å². The van der Waals surface area contributed by atoms with E-state index in [9.17, 15) is 13.6 Å². The van der Waals surface area contributed by atoms with Crippen LogP contribution in [-0.4, -0.2) is 19.4 Å². The van der Waals surface area contributed by atoms with Crippen LogP contribution in [0.2, 0.25) is 0 Å². The summed E-state index contributed by atoms with van der Waals surface area (Å²) in [5.41, 5.74) is 1.06. The third kappa shape index (κ3) is 3.37. The number of anilines is 1. The highest BCUT2D eigenvalue weighted by molar-refractivity contribution is 5.99. The molecule has 0 fully saturated rings. The first-order valence-corrected chi connectivity index (χ1v) is 5.82. The smallest absolute Gasteiger partial charge is 0.182 e. The molecule has 2 nitrogen and oxygen atoms in total. The Bertz CT molecular complexity index is 581. The van der Waals surface area contributed by atoms with Crippen molar-refractivity contribution in [3.8, 4) is 0 Å². The first kappa shape index (κ1) is 13.2. The van der Waals surface area contributed by atoms with Gasteiger partial charge in [0.05, 0.1) is 6.54 Å². The van der Waals surface area contributed by atoms with Gasteiger partial charge in [-0.3, -0.25) is 4.79 Å². The van der Waals surface area contributed by atoms with Crippen molar-refractivity contribution in [2.45, 2.75) is 0 Å². The Morgan fingerprint density at radius 3 is 2.37 bits per heavy atom. The fourth-order valence-corrected chi connectivity index (χ4v) is 1.75. The van der Waals surface area contributed by atoms with Gasteiger partial charge in [0.25, 0.3) is 0 Å². The molecule has 0 aliphatic carbocycles. The lowest BCUT2D eigenvalue weighted by molar-refractivity contribution is 0.100. The molecular weight excluding hydrogens is 248 g/mol. The van der Waals surface area contributed by atoms with Gasteiger partial charge >= 0.3 is 0 Å². The highest BCUT2D eigenvalue weighted by Gasteiger charge is 2.10. The Morgan fingerprint density at radius 2 is 1.74 bits per heavy atom. The highest BCUT2D eigenvalue weighted by atomic mass is 19.1. The van der Waals surface area contributed by atoms with Crippen LogP contribution in [0.4, 0.5) is 14.5 Å². The van der Waals surface area contributed by atoms with E-state index in [1.165, 1.54) is 36.4 Å². The average molecular weight is 261 g/mol. The largest absolute Gasteiger partial charge is 0.367 e. The summed E-state index contributed by atoms with van der Waals surface area (Å²) >= 11 is 0. The molecule has 0 amide bonds. The second-order valence-corrected chi connectivity index (χ2v) is 4.27. The predicted octanol–water partition coefficient (Wildman–Crippen LogP) is 3.28. The maximum atomic E-state index is 13.1. The van der Waals surface area contributed by atoms with Gasteiger partial charge in [-0.15, -0.1) is 0 Å². The third-order valence-electron chi connectivity index (χ3n) is 2.80. The molecule has 0 heterocycles. The fourth-order valence-electron chi connectivity index (χ4n) is 1.75. The molecule has 0 atom stereocenters. The minimum atomic E-state index is -0.380. The molecule has 19 heavy (non-hydrogen) atoms. The highest BCUT2D eigenvalue weighted by Crippen LogP contribution is 2.14. The third-order valence-corrected chi connectivity index (χ3v) is 2.80. The zero-order valence-corrected chi connectivity index (χ0v) is 10.4. The molecule has 0 bridgehead atoms. The van der Waals surface area contributed by atoms with Gasteiger partial charge in [0.15, 0.2) is 5.78 Å². The molecule has 0 saturated carbocycles. The number of Topliss-reactive ketones (excluding diaryl/α,β-unsaturated/α-hetero) is 1. The number of halogens is 2. The van der Waals surface area contributed by atoms with E-state index >= 15 is 0 Å². The topological polar surface area (TPSA) is 20.3 Å². The quantitative estimate of drug-likeness (QED) is 0.787. The predicted molar refractivity (Wildman–Crippen MR) is 70.4 cm³/mol. The number of carbonyl (C=O) groups excluding carboxylic acids is 1. The van der Waals surface area contributed by atoms with E-state index in [0.717, 1.165) is 0 Å². The Kier molecular flexibility index (Phi) is 3.90. The van der Waals surface area contributed by atoms with Crippen LogP contribution in [0.3, 0.4) is 0 Å². The molecule has 0 unspecified atom stereocenters. The summed E-state index contributed by atoms with van der Waals surface area (Å²) in [6.45, 7) is 0.106. The number of ketones is 1. The monoisotopic (exact) mass is 261 g/mol. The van der Waals surface area contributed by atoms with Gasteiger partial charge in [0.1, 0.15) is 11.6 Å². The number of hydrogen-bond donors (Lipinski definition) is 0. The van der Waals surface area contributed by atoms with Gasteiger partial charge in [-0.05, 0) is 42.5 Å². The van der Waals surface area contributed by atoms with Crippen molar-refractivity contribution < 1.29 is 13.6 Å². The normalized spacial score (nSPS) is 10.3. The van der Waals surface area contributed by atoms with Crippen molar-refractivity contribution in [2.24, 2.45) is 0 Å². The van der Waals surface area contributed by atoms with Crippen LogP contribution < -0.4 is 4.90 Å². The second kappa shape index (κ2) is 5.61. The number of nitrogens with zero attached hydrogens (tertiary/aromatic N) is 1. The van der Waals surface area contributed by atoms with Gasteiger partial charge in [-0.2, -0.15) is 0 Å². The average Bonchev–Trinajstić information content (AvgIpc) is 2.39. The van der Waals surface area contributed by atoms with E-state index in [1.807, 2.05) is 0 Å². The van der Waals surface area contributed by atoms with Crippen LogP contribution in [0.15, 0.2) is 48.5 Å². The summed E-state index contributed by atoms with van der Waals surface area (Å²) in [5, 5.41) is 0. The number of benzene rings is 2. The lowest BCUT2D eigenvalue weighted by Gasteiger charge is -2.18. The van der Waals surface area contributed by atoms with Crippen LogP contribution in [0.1, 0.15) is 10.4 Å². The summed E-state index contributed by atoms with van der Waals surface area (Å²) in [6, 6.07) is 11.4. The van der Waals surface area contributed by atoms with E-state index in [2.05, 4.69) is 0 Å². The van der Waals surface area contributed by atoms with Crippen LogP contribution in [-0.2, 0) is 0 Å². The van der Waals surface area contributed by atoms with Gasteiger partial charge < -0.3 is 4.90 Å². The summed E-state index contributed by atoms with van der Waals surface area (Å²) in [6.07, 6.45) is 0. The van der Waals surface area contributed by atoms with Gasteiger partial charge in [0, 0.05) is 18.3 Å². The van der Waals surface area contributed by atoms with E-state index in [-0.39, 0.29) is 24.0 Å². The van der Waals surface area contributed by atoms with Crippen molar-refractivity contribution in [2.75, 3.05) is 18.5 Å². The zero-order chi connectivity index (χ0) is 13.8. The number of hydrogen-bond acceptors (Lipinski definition) is 2. The minimum Gasteiger partial charge on any atom is -0.367 e. The molecule has 98 valence electrons. The number of rotatable bonds is 4. The van der Waals surface area contributed by atoms with Crippen molar-refractivity contribution >= 4 is 11.5 Å². The van der Waals surface area contributed by atoms with Crippen molar-refractivity contribution in [1.29, 1.82) is 0 Å². The van der Waals surface area contributed by atoms with Crippen LogP contribution in [0.5, 0.6) is 0 Å². The maximum absolute atomic E-state index is 13.1. The molecule has 0 aliphatic heterocycles. The molecule has 0 saturated heterocycles. The van der Waals surface area contributed by atoms with Gasteiger partial charge in [-0.1, -0.05) is 6.07 Å². The SMILES string of the molecule is CN(CC(=O)c1ccc(F)cc1)c1cccc(F)c1. The molecule has 2 aromatic rings. The molecule has 0 aliphatic rings. The Morgan fingerprint density at radius 1 is 1.05 bits per heavy atom. The van der Waals surface area contributed by atoms with Crippen molar-refractivity contribution in [3.63, 3.8) is 0 Å². The summed E-state index contributed by atoms with van der Waals surface area (Å²) in [4.78, 5) is 13.6. The van der Waals surface area contributed by atoms with Gasteiger partial charge in [-0.25, -0.2) is 8.78 Å². The maximum Gasteiger partial charge on any atom is 0.182 e. The van der Waals surface area contributed by atoms with E-state index in [1.54, 1.807) is 24.1 Å². The lowest BCUT2D eigenvalue weighted by Crippen LogP contribution is -2.25. The van der Waals surface area contributed by atoms with E-state index in [4.69, 9.17) is 0 Å². The van der Waals surface area contributed by atoms with E-state index < -0.39 is 0 Å². The minimum absolute atomic E-state index is 0.106. The Labute approximate surface area is 110 Å². The van der Waals surface area contributed by atoms with Crippen LogP contribution in [0, 0.1) is 11.6 Å². The van der Waals surface area contributed by atoms with Crippen LogP contribution >= 0.6 is 0 Å². The molecule has 2 rings (SSSR count).